The average Bonchev–Trinajstić information content (AvgIpc) is 2.69. The predicted octanol–water partition coefficient (Wildman–Crippen LogP) is 6.25. The molecule has 2 aliphatic carbocycles. The van der Waals surface area contributed by atoms with Crippen molar-refractivity contribution in [2.24, 2.45) is 8.80 Å². The molecule has 4 nitrogen and oxygen atoms in total. The minimum Gasteiger partial charge on any atom is -0.592 e. The molecule has 2 unspecified atom stereocenters. The molecule has 0 radical (unpaired) electrons. The summed E-state index contributed by atoms with van der Waals surface area (Å²) in [5.41, 5.74) is 2.43. The van der Waals surface area contributed by atoms with Gasteiger partial charge in [-0.1, -0.05) is 69.1 Å². The highest BCUT2D eigenvalue weighted by atomic mass is 35.5. The first kappa shape index (κ1) is 25.6. The summed E-state index contributed by atoms with van der Waals surface area (Å²) >= 11 is 9.51. The molecule has 2 aliphatic rings. The maximum Gasteiger partial charge on any atom is 0.123 e. The third-order valence-corrected chi connectivity index (χ3v) is 7.53. The Morgan fingerprint density at radius 1 is 0.688 bits per heavy atom. The number of hydrogen-bond acceptors (Lipinski definition) is 4. The first-order valence-electron chi connectivity index (χ1n) is 10.5. The molecule has 32 heavy (non-hydrogen) atoms. The van der Waals surface area contributed by atoms with Gasteiger partial charge in [0.1, 0.15) is 12.5 Å². The van der Waals surface area contributed by atoms with Gasteiger partial charge in [-0.2, -0.15) is 0 Å². The molecule has 2 aromatic carbocycles. The topological polar surface area (TPSA) is 70.8 Å². The lowest BCUT2D eigenvalue weighted by Gasteiger charge is -2.38. The van der Waals surface area contributed by atoms with Crippen LogP contribution in [0.3, 0.4) is 0 Å². The lowest BCUT2D eigenvalue weighted by Crippen LogP contribution is -2.36. The Hall–Kier alpha value is -1.02. The Morgan fingerprint density at radius 2 is 1.00 bits per heavy atom. The van der Waals surface area contributed by atoms with E-state index in [1.54, 1.807) is 12.5 Å². The molecule has 0 aromatic heterocycles. The normalized spacial score (nSPS) is 20.7. The molecular weight excluding hydrogens is 483 g/mol. The zero-order chi connectivity index (χ0) is 23.2. The Labute approximate surface area is 207 Å². The van der Waals surface area contributed by atoms with Gasteiger partial charge in [0.25, 0.3) is 0 Å². The van der Waals surface area contributed by atoms with Crippen LogP contribution in [0.25, 0.3) is 0 Å². The predicted molar refractivity (Wildman–Crippen MR) is 139 cm³/mol. The summed E-state index contributed by atoms with van der Waals surface area (Å²) < 4.78 is 30.1. The van der Waals surface area contributed by atoms with Gasteiger partial charge in [0.15, 0.2) is 0 Å². The summed E-state index contributed by atoms with van der Waals surface area (Å²) in [6.45, 7) is 0. The van der Waals surface area contributed by atoms with Crippen molar-refractivity contribution in [2.45, 2.75) is 49.4 Å². The van der Waals surface area contributed by atoms with E-state index >= 15 is 0 Å². The van der Waals surface area contributed by atoms with E-state index in [2.05, 4.69) is 8.80 Å². The van der Waals surface area contributed by atoms with E-state index in [1.807, 2.05) is 61.0 Å². The summed E-state index contributed by atoms with van der Waals surface area (Å²) in [5.74, 6) is 0. The van der Waals surface area contributed by atoms with E-state index < -0.39 is 22.7 Å². The maximum atomic E-state index is 11.0. The van der Waals surface area contributed by atoms with E-state index in [-0.39, 0.29) is 10.8 Å². The second-order valence-corrected chi connectivity index (χ2v) is 11.3. The number of rotatable bonds is 6. The van der Waals surface area contributed by atoms with Gasteiger partial charge < -0.3 is 9.11 Å². The third-order valence-electron chi connectivity index (χ3n) is 6.23. The molecule has 0 heterocycles. The van der Waals surface area contributed by atoms with Crippen LogP contribution in [0, 0.1) is 0 Å². The molecule has 2 fully saturated rings. The fourth-order valence-corrected chi connectivity index (χ4v) is 4.97. The van der Waals surface area contributed by atoms with Crippen LogP contribution in [0.5, 0.6) is 0 Å². The van der Waals surface area contributed by atoms with Gasteiger partial charge in [-0.25, -0.2) is 0 Å². The lowest BCUT2D eigenvalue weighted by atomic mass is 9.65. The van der Waals surface area contributed by atoms with Crippen molar-refractivity contribution >= 4 is 58.4 Å². The molecular formula is C24H28Cl2N2O2S2. The van der Waals surface area contributed by atoms with Crippen LogP contribution in [0.4, 0.5) is 0 Å². The van der Waals surface area contributed by atoms with Crippen LogP contribution >= 0.6 is 23.2 Å². The minimum atomic E-state index is -1.11. The molecule has 2 atom stereocenters. The van der Waals surface area contributed by atoms with Crippen molar-refractivity contribution in [3.8, 4) is 0 Å². The summed E-state index contributed by atoms with van der Waals surface area (Å²) in [4.78, 5) is 0. The summed E-state index contributed by atoms with van der Waals surface area (Å²) in [7, 11) is 0. The van der Waals surface area contributed by atoms with E-state index in [9.17, 15) is 9.11 Å². The van der Waals surface area contributed by atoms with Crippen LogP contribution in [0.1, 0.15) is 49.7 Å². The highest BCUT2D eigenvalue weighted by molar-refractivity contribution is 7.89. The highest BCUT2D eigenvalue weighted by Crippen LogP contribution is 2.43. The second kappa shape index (κ2) is 11.4. The van der Waals surface area contributed by atoms with Crippen LogP contribution < -0.4 is 0 Å². The molecule has 172 valence electrons. The van der Waals surface area contributed by atoms with Gasteiger partial charge in [-0.15, -0.1) is 0 Å². The van der Waals surface area contributed by atoms with E-state index in [4.69, 9.17) is 23.2 Å². The zero-order valence-corrected chi connectivity index (χ0v) is 21.4. The van der Waals surface area contributed by atoms with E-state index in [0.717, 1.165) is 35.7 Å². The molecule has 0 N–H and O–H groups in total. The molecule has 8 heteroatoms. The number of halogens is 2. The Balaban J connectivity index is 0.000000181. The average molecular weight is 512 g/mol. The Morgan fingerprint density at radius 3 is 1.22 bits per heavy atom. The summed E-state index contributed by atoms with van der Waals surface area (Å²) in [6.07, 6.45) is 13.6. The smallest absolute Gasteiger partial charge is 0.123 e. The van der Waals surface area contributed by atoms with Gasteiger partial charge in [0.2, 0.25) is 0 Å². The van der Waals surface area contributed by atoms with Crippen LogP contribution in [-0.2, 0) is 33.6 Å². The minimum absolute atomic E-state index is 0.00371. The number of benzene rings is 2. The zero-order valence-electron chi connectivity index (χ0n) is 18.3. The second-order valence-electron chi connectivity index (χ2n) is 8.35. The van der Waals surface area contributed by atoms with Crippen LogP contribution in [0.15, 0.2) is 57.3 Å². The molecule has 0 saturated heterocycles. The van der Waals surface area contributed by atoms with Crippen molar-refractivity contribution in [1.29, 1.82) is 0 Å². The summed E-state index contributed by atoms with van der Waals surface area (Å²) in [6, 6.07) is 15.7. The first-order valence-corrected chi connectivity index (χ1v) is 14.3. The molecule has 2 aromatic rings. The van der Waals surface area contributed by atoms with E-state index in [0.29, 0.717) is 0 Å². The maximum absolute atomic E-state index is 11.0. The highest BCUT2D eigenvalue weighted by Gasteiger charge is 2.38. The Kier molecular flexibility index (Phi) is 9.13. The largest absolute Gasteiger partial charge is 0.592 e. The third kappa shape index (κ3) is 6.52. The monoisotopic (exact) mass is 510 g/mol. The summed E-state index contributed by atoms with van der Waals surface area (Å²) in [5, 5.41) is 1.49. The quantitative estimate of drug-likeness (QED) is 0.340. The number of hydrogen-bond donors (Lipinski definition) is 0. The molecule has 0 spiro atoms. The SMILES string of the molecule is C[S+]([O-])N=CC1(c2ccc(Cl)cc2)CCC1.C[S+]([O-])N=CC1(c2ccc(Cl)cc2)CCC1. The van der Waals surface area contributed by atoms with Gasteiger partial charge in [-0.3, -0.25) is 0 Å². The van der Waals surface area contributed by atoms with Crippen molar-refractivity contribution < 1.29 is 9.11 Å². The molecule has 0 amide bonds. The fraction of sp³-hybridized carbons (Fsp3) is 0.417. The lowest BCUT2D eigenvalue weighted by molar-refractivity contribution is 0.348. The molecule has 0 bridgehead atoms. The molecule has 4 rings (SSSR count). The number of nitrogens with zero attached hydrogens (tertiary/aromatic N) is 2. The van der Waals surface area contributed by atoms with Crippen molar-refractivity contribution in [3.05, 3.63) is 69.7 Å². The Bertz CT molecular complexity index is 847. The van der Waals surface area contributed by atoms with Gasteiger partial charge >= 0.3 is 0 Å². The standard InChI is InChI=1S/2C12H14ClNOS/c2*1-16(15)14-9-12(7-2-8-12)10-3-5-11(13)6-4-10/h2*3-6,9H,2,7-8H2,1H3. The van der Waals surface area contributed by atoms with E-state index in [1.165, 1.54) is 24.0 Å². The fourth-order valence-electron chi connectivity index (χ4n) is 4.01. The van der Waals surface area contributed by atoms with Crippen molar-refractivity contribution in [1.82, 2.24) is 0 Å². The van der Waals surface area contributed by atoms with Gasteiger partial charge in [-0.05, 0) is 61.1 Å². The molecule has 0 aliphatic heterocycles. The van der Waals surface area contributed by atoms with Gasteiger partial charge in [0, 0.05) is 20.9 Å². The van der Waals surface area contributed by atoms with Gasteiger partial charge in [0.05, 0.1) is 35.2 Å². The van der Waals surface area contributed by atoms with Crippen molar-refractivity contribution in [3.63, 3.8) is 0 Å². The van der Waals surface area contributed by atoms with Crippen LogP contribution in [0.2, 0.25) is 10.0 Å². The van der Waals surface area contributed by atoms with Crippen molar-refractivity contribution in [2.75, 3.05) is 12.5 Å². The molecule has 2 saturated carbocycles. The van der Waals surface area contributed by atoms with Crippen LogP contribution in [-0.4, -0.2) is 34.0 Å². The first-order chi connectivity index (χ1) is 15.2.